The van der Waals surface area contributed by atoms with Crippen molar-refractivity contribution in [1.29, 1.82) is 0 Å². The third-order valence-corrected chi connectivity index (χ3v) is 6.08. The summed E-state index contributed by atoms with van der Waals surface area (Å²) in [6, 6.07) is 9.38. The first-order chi connectivity index (χ1) is 16.8. The number of nitrogens with zero attached hydrogens (tertiary/aromatic N) is 2. The van der Waals surface area contributed by atoms with Crippen molar-refractivity contribution in [3.63, 3.8) is 0 Å². The SMILES string of the molecule is COc1ccc(C2/C(=C(/O)c3ccc4c(c3)OCCO4)C(=O)C(=O)N2CCCN(C)C)cc1OC. The Kier molecular flexibility index (Phi) is 7.16. The summed E-state index contributed by atoms with van der Waals surface area (Å²) in [6.07, 6.45) is 0.661. The molecule has 2 aliphatic rings. The second kappa shape index (κ2) is 10.3. The zero-order valence-corrected chi connectivity index (χ0v) is 20.4. The number of Topliss-reactive ketones (excluding diaryl/α,β-unsaturated/α-hetero) is 1. The number of hydrogen-bond donors (Lipinski definition) is 1. The molecule has 0 bridgehead atoms. The van der Waals surface area contributed by atoms with Crippen LogP contribution < -0.4 is 18.9 Å². The molecule has 1 N–H and O–H groups in total. The highest BCUT2D eigenvalue weighted by atomic mass is 16.6. The van der Waals surface area contributed by atoms with E-state index in [1.807, 2.05) is 19.0 Å². The van der Waals surface area contributed by atoms with Gasteiger partial charge >= 0.3 is 0 Å². The summed E-state index contributed by atoms with van der Waals surface area (Å²) in [5, 5.41) is 11.3. The van der Waals surface area contributed by atoms with E-state index in [2.05, 4.69) is 0 Å². The Bertz CT molecular complexity index is 1160. The zero-order chi connectivity index (χ0) is 25.1. The van der Waals surface area contributed by atoms with Gasteiger partial charge in [0.25, 0.3) is 11.7 Å². The number of rotatable bonds is 8. The van der Waals surface area contributed by atoms with Crippen molar-refractivity contribution < 1.29 is 33.6 Å². The van der Waals surface area contributed by atoms with Gasteiger partial charge in [-0.3, -0.25) is 9.59 Å². The Morgan fingerprint density at radius 1 is 1.03 bits per heavy atom. The van der Waals surface area contributed by atoms with Crippen molar-refractivity contribution in [3.8, 4) is 23.0 Å². The Balaban J connectivity index is 1.82. The number of methoxy groups -OCH3 is 2. The minimum Gasteiger partial charge on any atom is -0.507 e. The fourth-order valence-corrected chi connectivity index (χ4v) is 4.38. The third kappa shape index (κ3) is 4.77. The van der Waals surface area contributed by atoms with Crippen LogP contribution in [0, 0.1) is 0 Å². The fourth-order valence-electron chi connectivity index (χ4n) is 4.38. The maximum Gasteiger partial charge on any atom is 0.295 e. The van der Waals surface area contributed by atoms with Crippen LogP contribution >= 0.6 is 0 Å². The van der Waals surface area contributed by atoms with Gasteiger partial charge in [-0.2, -0.15) is 0 Å². The lowest BCUT2D eigenvalue weighted by molar-refractivity contribution is -0.139. The van der Waals surface area contributed by atoms with Gasteiger partial charge in [0.2, 0.25) is 0 Å². The first-order valence-corrected chi connectivity index (χ1v) is 11.4. The molecule has 2 heterocycles. The summed E-state index contributed by atoms with van der Waals surface area (Å²) in [5.41, 5.74) is 1.01. The van der Waals surface area contributed by atoms with Gasteiger partial charge in [-0.05, 0) is 63.0 Å². The Hall–Kier alpha value is -3.72. The molecule has 1 amide bonds. The van der Waals surface area contributed by atoms with Crippen LogP contribution in [0.1, 0.15) is 23.6 Å². The Morgan fingerprint density at radius 2 is 1.74 bits per heavy atom. The monoisotopic (exact) mass is 482 g/mol. The number of hydrogen-bond acceptors (Lipinski definition) is 8. The molecule has 2 aliphatic heterocycles. The van der Waals surface area contributed by atoms with E-state index in [-0.39, 0.29) is 11.3 Å². The van der Waals surface area contributed by atoms with Crippen LogP contribution in [0.5, 0.6) is 23.0 Å². The zero-order valence-electron chi connectivity index (χ0n) is 20.4. The summed E-state index contributed by atoms with van der Waals surface area (Å²) >= 11 is 0. The van der Waals surface area contributed by atoms with Gasteiger partial charge in [-0.1, -0.05) is 6.07 Å². The average Bonchev–Trinajstić information content (AvgIpc) is 3.12. The number of benzene rings is 2. The van der Waals surface area contributed by atoms with Crippen LogP contribution in [0.15, 0.2) is 42.0 Å². The lowest BCUT2D eigenvalue weighted by Gasteiger charge is -2.26. The molecule has 186 valence electrons. The predicted molar refractivity (Wildman–Crippen MR) is 129 cm³/mol. The molecule has 0 saturated carbocycles. The summed E-state index contributed by atoms with van der Waals surface area (Å²) in [4.78, 5) is 29.9. The van der Waals surface area contributed by atoms with Crippen molar-refractivity contribution in [2.75, 3.05) is 54.6 Å². The molecule has 0 aromatic heterocycles. The quantitative estimate of drug-likeness (QED) is 0.349. The number of carbonyl (C=O) groups is 2. The number of aliphatic hydroxyl groups excluding tert-OH is 1. The first kappa shape index (κ1) is 24.4. The molecule has 2 aromatic carbocycles. The lowest BCUT2D eigenvalue weighted by Crippen LogP contribution is -2.32. The van der Waals surface area contributed by atoms with Gasteiger partial charge in [0.1, 0.15) is 19.0 Å². The molecule has 1 unspecified atom stereocenters. The standard InChI is InChI=1S/C26H30N2O7/c1-27(2)10-5-11-28-23(16-6-8-18(32-3)20(14-16)33-4)22(25(30)26(28)31)24(29)17-7-9-19-21(15-17)35-13-12-34-19/h6-9,14-15,23,29H,5,10-13H2,1-4H3/b24-22-. The van der Waals surface area contributed by atoms with Gasteiger partial charge in [0.05, 0.1) is 25.8 Å². The van der Waals surface area contributed by atoms with Crippen molar-refractivity contribution in [1.82, 2.24) is 9.80 Å². The van der Waals surface area contributed by atoms with Crippen LogP contribution in [0.25, 0.3) is 5.76 Å². The van der Waals surface area contributed by atoms with Crippen molar-refractivity contribution in [2.24, 2.45) is 0 Å². The van der Waals surface area contributed by atoms with E-state index in [9.17, 15) is 14.7 Å². The minimum absolute atomic E-state index is 0.0174. The molecule has 1 atom stereocenters. The number of amides is 1. The van der Waals surface area contributed by atoms with E-state index >= 15 is 0 Å². The van der Waals surface area contributed by atoms with Crippen molar-refractivity contribution in [3.05, 3.63) is 53.1 Å². The molecule has 4 rings (SSSR count). The maximum atomic E-state index is 13.2. The second-order valence-corrected chi connectivity index (χ2v) is 8.62. The summed E-state index contributed by atoms with van der Waals surface area (Å²) < 4.78 is 22.0. The lowest BCUT2D eigenvalue weighted by atomic mass is 9.94. The maximum absolute atomic E-state index is 13.2. The molecule has 0 spiro atoms. The van der Waals surface area contributed by atoms with Crippen LogP contribution in [-0.2, 0) is 9.59 Å². The van der Waals surface area contributed by atoms with E-state index < -0.39 is 17.7 Å². The van der Waals surface area contributed by atoms with E-state index in [4.69, 9.17) is 18.9 Å². The second-order valence-electron chi connectivity index (χ2n) is 8.62. The van der Waals surface area contributed by atoms with E-state index in [0.717, 1.165) is 6.54 Å². The largest absolute Gasteiger partial charge is 0.507 e. The number of ketones is 1. The Labute approximate surface area is 204 Å². The normalized spacial score (nSPS) is 18.8. The highest BCUT2D eigenvalue weighted by Gasteiger charge is 2.46. The number of aliphatic hydroxyl groups is 1. The fraction of sp³-hybridized carbons (Fsp3) is 0.385. The minimum atomic E-state index is -0.787. The van der Waals surface area contributed by atoms with E-state index in [1.54, 1.807) is 36.4 Å². The molecular formula is C26H30N2O7. The molecule has 0 radical (unpaired) electrons. The third-order valence-electron chi connectivity index (χ3n) is 6.08. The predicted octanol–water partition coefficient (Wildman–Crippen LogP) is 2.85. The molecule has 35 heavy (non-hydrogen) atoms. The van der Waals surface area contributed by atoms with Crippen molar-refractivity contribution >= 4 is 17.4 Å². The molecule has 0 aliphatic carbocycles. The molecule has 9 heteroatoms. The van der Waals surface area contributed by atoms with Crippen LogP contribution in [0.4, 0.5) is 0 Å². The summed E-state index contributed by atoms with van der Waals surface area (Å²) in [5.74, 6) is 0.368. The average molecular weight is 483 g/mol. The Morgan fingerprint density at radius 3 is 2.43 bits per heavy atom. The van der Waals surface area contributed by atoms with Crippen LogP contribution in [0.2, 0.25) is 0 Å². The molecule has 2 aromatic rings. The summed E-state index contributed by atoms with van der Waals surface area (Å²) in [6.45, 7) is 1.91. The topological polar surface area (TPSA) is 97.8 Å². The van der Waals surface area contributed by atoms with Crippen LogP contribution in [0.3, 0.4) is 0 Å². The van der Waals surface area contributed by atoms with Gasteiger partial charge in [0.15, 0.2) is 23.0 Å². The van der Waals surface area contributed by atoms with E-state index in [0.29, 0.717) is 60.3 Å². The molecule has 1 saturated heterocycles. The highest BCUT2D eigenvalue weighted by Crippen LogP contribution is 2.43. The van der Waals surface area contributed by atoms with Gasteiger partial charge < -0.3 is 33.9 Å². The van der Waals surface area contributed by atoms with E-state index in [1.165, 1.54) is 19.1 Å². The van der Waals surface area contributed by atoms with Crippen molar-refractivity contribution in [2.45, 2.75) is 12.5 Å². The first-order valence-electron chi connectivity index (χ1n) is 11.4. The molecular weight excluding hydrogens is 452 g/mol. The number of likely N-dealkylation sites (tertiary alicyclic amines) is 1. The number of carbonyl (C=O) groups excluding carboxylic acids is 2. The van der Waals surface area contributed by atoms with Gasteiger partial charge in [0, 0.05) is 12.1 Å². The van der Waals surface area contributed by atoms with Crippen LogP contribution in [-0.4, -0.2) is 81.2 Å². The van der Waals surface area contributed by atoms with Gasteiger partial charge in [-0.15, -0.1) is 0 Å². The smallest absolute Gasteiger partial charge is 0.295 e. The molecule has 9 nitrogen and oxygen atoms in total. The molecule has 1 fully saturated rings. The number of fused-ring (bicyclic) bond motifs is 1. The van der Waals surface area contributed by atoms with Gasteiger partial charge in [-0.25, -0.2) is 0 Å². The summed E-state index contributed by atoms with van der Waals surface area (Å²) in [7, 11) is 6.95. The highest BCUT2D eigenvalue weighted by molar-refractivity contribution is 6.46. The number of ether oxygens (including phenoxy) is 4.